The topological polar surface area (TPSA) is 86.0 Å². The van der Waals surface area contributed by atoms with E-state index < -0.39 is 0 Å². The third-order valence-corrected chi connectivity index (χ3v) is 7.68. The second kappa shape index (κ2) is 10.3. The summed E-state index contributed by atoms with van der Waals surface area (Å²) in [5.41, 5.74) is 3.52. The van der Waals surface area contributed by atoms with Crippen molar-refractivity contribution >= 4 is 29.0 Å². The fourth-order valence-corrected chi connectivity index (χ4v) is 5.92. The maximum Gasteiger partial charge on any atom is 0.273 e. The van der Waals surface area contributed by atoms with Gasteiger partial charge >= 0.3 is 0 Å². The molecule has 10 heteroatoms. The van der Waals surface area contributed by atoms with E-state index in [1.807, 2.05) is 48.4 Å². The van der Waals surface area contributed by atoms with Crippen LogP contribution in [0.5, 0.6) is 0 Å². The second-order valence-corrected chi connectivity index (χ2v) is 10.4. The molecule has 0 bridgehead atoms. The summed E-state index contributed by atoms with van der Waals surface area (Å²) in [6.45, 7) is 7.22. The Morgan fingerprint density at radius 3 is 2.69 bits per heavy atom. The predicted molar refractivity (Wildman–Crippen MR) is 137 cm³/mol. The van der Waals surface area contributed by atoms with Gasteiger partial charge in [0.15, 0.2) is 11.0 Å². The summed E-state index contributed by atoms with van der Waals surface area (Å²) in [7, 11) is 0. The number of aromatic nitrogens is 5. The molecule has 0 saturated carbocycles. The number of morpholine rings is 1. The molecule has 1 aliphatic heterocycles. The zero-order valence-electron chi connectivity index (χ0n) is 19.8. The lowest BCUT2D eigenvalue weighted by molar-refractivity contribution is -0.0587. The predicted octanol–water partition coefficient (Wildman–Crippen LogP) is 4.64. The molecule has 1 saturated heterocycles. The van der Waals surface area contributed by atoms with Gasteiger partial charge in [0.1, 0.15) is 10.7 Å². The van der Waals surface area contributed by atoms with Gasteiger partial charge in [-0.1, -0.05) is 30.0 Å². The highest BCUT2D eigenvalue weighted by Gasteiger charge is 2.28. The molecular formula is C25H26N6O2S2. The third-order valence-electron chi connectivity index (χ3n) is 5.71. The number of thiazole rings is 1. The molecule has 3 aromatic heterocycles. The van der Waals surface area contributed by atoms with E-state index >= 15 is 0 Å². The number of pyridine rings is 1. The summed E-state index contributed by atoms with van der Waals surface area (Å²) in [4.78, 5) is 23.7. The molecule has 4 aromatic rings. The van der Waals surface area contributed by atoms with E-state index in [4.69, 9.17) is 4.74 Å². The minimum Gasteiger partial charge on any atom is -0.372 e. The Kier molecular flexibility index (Phi) is 6.94. The summed E-state index contributed by atoms with van der Waals surface area (Å²) >= 11 is 3.05. The fraction of sp³-hybridized carbons (Fsp3) is 0.320. The first-order valence-electron chi connectivity index (χ1n) is 11.4. The van der Waals surface area contributed by atoms with Crippen LogP contribution in [0.15, 0.2) is 59.3 Å². The van der Waals surface area contributed by atoms with E-state index in [9.17, 15) is 4.79 Å². The Bertz CT molecular complexity index is 1310. The van der Waals surface area contributed by atoms with E-state index in [-0.39, 0.29) is 18.1 Å². The average molecular weight is 507 g/mol. The number of nitrogens with zero attached hydrogens (tertiary/aromatic N) is 6. The van der Waals surface area contributed by atoms with Gasteiger partial charge < -0.3 is 9.64 Å². The van der Waals surface area contributed by atoms with Gasteiger partial charge in [0, 0.05) is 36.4 Å². The summed E-state index contributed by atoms with van der Waals surface area (Å²) in [6, 6.07) is 12.0. The fourth-order valence-electron chi connectivity index (χ4n) is 4.18. The van der Waals surface area contributed by atoms with Crippen molar-refractivity contribution in [3.05, 3.63) is 70.4 Å². The Morgan fingerprint density at radius 1 is 1.14 bits per heavy atom. The Hall–Kier alpha value is -3.08. The smallest absolute Gasteiger partial charge is 0.273 e. The lowest BCUT2D eigenvalue weighted by Gasteiger charge is -2.34. The van der Waals surface area contributed by atoms with Gasteiger partial charge in [0.05, 0.1) is 23.6 Å². The first-order chi connectivity index (χ1) is 17.0. The molecule has 5 rings (SSSR count). The summed E-state index contributed by atoms with van der Waals surface area (Å²) in [5, 5.41) is 12.5. The molecule has 1 amide bonds. The Labute approximate surface area is 212 Å². The molecule has 4 heterocycles. The van der Waals surface area contributed by atoms with Crippen LogP contribution in [0.25, 0.3) is 17.1 Å². The monoisotopic (exact) mass is 506 g/mol. The number of rotatable bonds is 6. The molecule has 0 aliphatic carbocycles. The van der Waals surface area contributed by atoms with Crippen LogP contribution >= 0.6 is 23.1 Å². The molecule has 0 radical (unpaired) electrons. The number of aryl methyl sites for hydroxylation is 1. The maximum absolute atomic E-state index is 13.0. The SMILES string of the molecule is Cc1ccccc1-n1c(SCc2nc(C(=O)N3CC(C)OC(C)C3)cs2)nnc1-c1cccnc1. The van der Waals surface area contributed by atoms with Gasteiger partial charge in [0.25, 0.3) is 5.91 Å². The molecule has 1 aromatic carbocycles. The zero-order chi connectivity index (χ0) is 24.4. The van der Waals surface area contributed by atoms with Gasteiger partial charge in [-0.15, -0.1) is 21.5 Å². The first kappa shape index (κ1) is 23.7. The van der Waals surface area contributed by atoms with Gasteiger partial charge in [0.2, 0.25) is 0 Å². The molecule has 2 atom stereocenters. The van der Waals surface area contributed by atoms with Crippen LogP contribution in [0.2, 0.25) is 0 Å². The standard InChI is InChI=1S/C25H26N6O2S2/c1-16-7-4-5-9-21(16)31-23(19-8-6-10-26-11-19)28-29-25(31)35-15-22-27-20(14-34-22)24(32)30-12-17(2)33-18(3)13-30/h4-11,14,17-18H,12-13,15H2,1-3H3. The van der Waals surface area contributed by atoms with E-state index in [0.717, 1.165) is 32.8 Å². The minimum absolute atomic E-state index is 0.0261. The van der Waals surface area contributed by atoms with Crippen LogP contribution < -0.4 is 0 Å². The van der Waals surface area contributed by atoms with E-state index in [1.54, 1.807) is 24.2 Å². The number of para-hydroxylation sites is 1. The van der Waals surface area contributed by atoms with Crippen molar-refractivity contribution in [3.8, 4) is 17.1 Å². The number of benzene rings is 1. The van der Waals surface area contributed by atoms with Gasteiger partial charge in [-0.05, 0) is 44.5 Å². The van der Waals surface area contributed by atoms with E-state index in [2.05, 4.69) is 43.8 Å². The van der Waals surface area contributed by atoms with Crippen molar-refractivity contribution in [2.45, 2.75) is 43.9 Å². The molecule has 0 N–H and O–H groups in total. The number of carbonyl (C=O) groups excluding carboxylic acids is 1. The van der Waals surface area contributed by atoms with Crippen LogP contribution in [0.4, 0.5) is 0 Å². The molecule has 1 aliphatic rings. The first-order valence-corrected chi connectivity index (χ1v) is 13.3. The lowest BCUT2D eigenvalue weighted by atomic mass is 10.2. The number of ether oxygens (including phenoxy) is 1. The molecule has 35 heavy (non-hydrogen) atoms. The maximum atomic E-state index is 13.0. The zero-order valence-corrected chi connectivity index (χ0v) is 21.4. The number of thioether (sulfide) groups is 1. The van der Waals surface area contributed by atoms with Crippen molar-refractivity contribution < 1.29 is 9.53 Å². The van der Waals surface area contributed by atoms with Crippen LogP contribution in [0.3, 0.4) is 0 Å². The van der Waals surface area contributed by atoms with Crippen LogP contribution in [0, 0.1) is 6.92 Å². The normalized spacial score (nSPS) is 18.1. The summed E-state index contributed by atoms with van der Waals surface area (Å²) in [6.07, 6.45) is 3.59. The van der Waals surface area contributed by atoms with Gasteiger partial charge in [-0.25, -0.2) is 4.98 Å². The van der Waals surface area contributed by atoms with Gasteiger partial charge in [-0.2, -0.15) is 0 Å². The lowest BCUT2D eigenvalue weighted by Crippen LogP contribution is -2.48. The molecule has 2 unspecified atom stereocenters. The molecule has 8 nitrogen and oxygen atoms in total. The highest BCUT2D eigenvalue weighted by molar-refractivity contribution is 7.98. The van der Waals surface area contributed by atoms with E-state index in [1.165, 1.54) is 11.3 Å². The van der Waals surface area contributed by atoms with Crippen LogP contribution in [-0.4, -0.2) is 60.8 Å². The molecular weight excluding hydrogens is 480 g/mol. The van der Waals surface area contributed by atoms with Crippen LogP contribution in [0.1, 0.15) is 34.9 Å². The largest absolute Gasteiger partial charge is 0.372 e. The number of hydrogen-bond acceptors (Lipinski definition) is 8. The van der Waals surface area contributed by atoms with Crippen molar-refractivity contribution in [3.63, 3.8) is 0 Å². The van der Waals surface area contributed by atoms with Crippen LogP contribution in [-0.2, 0) is 10.5 Å². The second-order valence-electron chi connectivity index (χ2n) is 8.55. The molecule has 0 spiro atoms. The van der Waals surface area contributed by atoms with Crippen molar-refractivity contribution in [1.82, 2.24) is 29.6 Å². The Balaban J connectivity index is 1.37. The quantitative estimate of drug-likeness (QED) is 0.352. The third kappa shape index (κ3) is 5.14. The number of hydrogen-bond donors (Lipinski definition) is 0. The molecule has 180 valence electrons. The average Bonchev–Trinajstić information content (AvgIpc) is 3.50. The number of carbonyl (C=O) groups is 1. The Morgan fingerprint density at radius 2 is 1.94 bits per heavy atom. The summed E-state index contributed by atoms with van der Waals surface area (Å²) < 4.78 is 7.81. The number of amides is 1. The van der Waals surface area contributed by atoms with Crippen molar-refractivity contribution in [2.75, 3.05) is 13.1 Å². The molecule has 1 fully saturated rings. The highest BCUT2D eigenvalue weighted by atomic mass is 32.2. The summed E-state index contributed by atoms with van der Waals surface area (Å²) in [5.74, 6) is 1.28. The van der Waals surface area contributed by atoms with Crippen molar-refractivity contribution in [2.24, 2.45) is 0 Å². The van der Waals surface area contributed by atoms with Crippen molar-refractivity contribution in [1.29, 1.82) is 0 Å². The highest BCUT2D eigenvalue weighted by Crippen LogP contribution is 2.31. The van der Waals surface area contributed by atoms with Gasteiger partial charge in [-0.3, -0.25) is 14.3 Å². The van der Waals surface area contributed by atoms with E-state index in [0.29, 0.717) is 24.5 Å². The minimum atomic E-state index is -0.0403.